The second-order valence-corrected chi connectivity index (χ2v) is 22.5. The zero-order valence-electron chi connectivity index (χ0n) is 45.2. The third-order valence-corrected chi connectivity index (χ3v) is 14.1. The Balaban J connectivity index is 3.88. The fraction of sp³-hybridized carbons (Fsp3) is 0.879. The fourth-order valence-electron chi connectivity index (χ4n) is 8.53. The number of allylic oxidation sites excluding steroid dienone is 5. The summed E-state index contributed by atoms with van der Waals surface area (Å²) >= 11 is 0. The molecule has 0 aliphatic heterocycles. The number of phosphoric ester groups is 1. The van der Waals surface area contributed by atoms with Gasteiger partial charge in [0.1, 0.15) is 13.2 Å². The number of aliphatic hydroxyl groups is 1. The summed E-state index contributed by atoms with van der Waals surface area (Å²) in [6, 6.07) is -0.859. The van der Waals surface area contributed by atoms with E-state index in [2.05, 4.69) is 43.5 Å². The van der Waals surface area contributed by atoms with Crippen molar-refractivity contribution in [1.82, 2.24) is 5.32 Å². The molecule has 0 saturated heterocycles. The molecule has 0 aromatic rings. The summed E-state index contributed by atoms with van der Waals surface area (Å²) in [4.78, 5) is 23.2. The molecule has 396 valence electrons. The van der Waals surface area contributed by atoms with Crippen LogP contribution in [0.1, 0.15) is 277 Å². The van der Waals surface area contributed by atoms with Gasteiger partial charge in [0.15, 0.2) is 0 Å². The predicted molar refractivity (Wildman–Crippen MR) is 291 cm³/mol. The van der Waals surface area contributed by atoms with E-state index >= 15 is 0 Å². The van der Waals surface area contributed by atoms with Gasteiger partial charge in [-0.1, -0.05) is 249 Å². The van der Waals surface area contributed by atoms with E-state index in [-0.39, 0.29) is 19.1 Å². The highest BCUT2D eigenvalue weighted by atomic mass is 31.2. The van der Waals surface area contributed by atoms with Gasteiger partial charge in [-0.25, -0.2) is 4.57 Å². The van der Waals surface area contributed by atoms with Gasteiger partial charge in [0.05, 0.1) is 39.9 Å². The van der Waals surface area contributed by atoms with Gasteiger partial charge in [-0.05, 0) is 57.8 Å². The van der Waals surface area contributed by atoms with Crippen molar-refractivity contribution in [2.45, 2.75) is 289 Å². The summed E-state index contributed by atoms with van der Waals surface area (Å²) in [5.74, 6) is -0.185. The van der Waals surface area contributed by atoms with Crippen LogP contribution in [0.5, 0.6) is 0 Å². The molecule has 8 nitrogen and oxygen atoms in total. The van der Waals surface area contributed by atoms with E-state index in [1.807, 2.05) is 27.2 Å². The van der Waals surface area contributed by atoms with Crippen LogP contribution in [0.15, 0.2) is 36.5 Å². The van der Waals surface area contributed by atoms with Crippen LogP contribution < -0.4 is 5.32 Å². The molecule has 0 aliphatic carbocycles. The molecule has 0 heterocycles. The Morgan fingerprint density at radius 3 is 1.21 bits per heavy atom. The minimum Gasteiger partial charge on any atom is -0.387 e. The predicted octanol–water partition coefficient (Wildman–Crippen LogP) is 17.4. The second kappa shape index (κ2) is 49.7. The molecule has 0 aromatic heterocycles. The molecular formula is C58H114N2O6P+. The molecule has 3 unspecified atom stereocenters. The fourth-order valence-corrected chi connectivity index (χ4v) is 9.26. The van der Waals surface area contributed by atoms with E-state index in [9.17, 15) is 19.4 Å². The Hall–Kier alpha value is -1.28. The minimum atomic E-state index is -4.34. The number of carbonyl (C=O) groups excluding carboxylic acids is 1. The van der Waals surface area contributed by atoms with Crippen LogP contribution in [0, 0.1) is 0 Å². The van der Waals surface area contributed by atoms with Crippen LogP contribution in [0.25, 0.3) is 0 Å². The summed E-state index contributed by atoms with van der Waals surface area (Å²) in [6.07, 6.45) is 64.3. The Labute approximate surface area is 417 Å². The highest BCUT2D eigenvalue weighted by Gasteiger charge is 2.27. The quantitative estimate of drug-likeness (QED) is 0.0243. The van der Waals surface area contributed by atoms with Crippen molar-refractivity contribution in [1.29, 1.82) is 0 Å². The highest BCUT2D eigenvalue weighted by molar-refractivity contribution is 7.47. The van der Waals surface area contributed by atoms with E-state index in [1.54, 1.807) is 6.08 Å². The first-order valence-corrected chi connectivity index (χ1v) is 30.4. The molecule has 0 fully saturated rings. The second-order valence-electron chi connectivity index (χ2n) is 21.0. The lowest BCUT2D eigenvalue weighted by atomic mass is 10.0. The normalized spacial score (nSPS) is 14.2. The largest absolute Gasteiger partial charge is 0.472 e. The summed E-state index contributed by atoms with van der Waals surface area (Å²) in [6.45, 7) is 4.77. The van der Waals surface area contributed by atoms with Gasteiger partial charge in [0.25, 0.3) is 0 Å². The van der Waals surface area contributed by atoms with E-state index < -0.39 is 20.0 Å². The zero-order valence-corrected chi connectivity index (χ0v) is 46.0. The van der Waals surface area contributed by atoms with Crippen LogP contribution in [0.2, 0.25) is 0 Å². The van der Waals surface area contributed by atoms with Gasteiger partial charge in [-0.2, -0.15) is 0 Å². The molecular weight excluding hydrogens is 852 g/mol. The minimum absolute atomic E-state index is 0.0573. The van der Waals surface area contributed by atoms with Gasteiger partial charge < -0.3 is 19.8 Å². The van der Waals surface area contributed by atoms with Gasteiger partial charge in [-0.3, -0.25) is 13.8 Å². The van der Waals surface area contributed by atoms with Crippen LogP contribution in [0.4, 0.5) is 0 Å². The standard InChI is InChI=1S/C58H113N2O6P/c1-6-8-10-12-14-16-18-19-20-21-22-23-24-25-26-27-28-29-30-31-32-33-34-35-36-37-38-39-40-41-42-44-46-48-50-52-58(62)59-56(55-66-67(63,64)65-54-53-60(3,4)5)57(61)51-49-47-45-43-17-15-13-11-9-7-2/h17,21-22,43,49,51,56-57,61H,6-16,18-20,23-42,44-48,50,52-55H2,1-5H3,(H-,59,62,63,64)/p+1/b22-21-,43-17+,51-49+. The number of hydrogen-bond acceptors (Lipinski definition) is 5. The van der Waals surface area contributed by atoms with Gasteiger partial charge in [0.2, 0.25) is 5.91 Å². The smallest absolute Gasteiger partial charge is 0.387 e. The first-order chi connectivity index (χ1) is 32.5. The number of nitrogens with one attached hydrogen (secondary N) is 1. The van der Waals surface area contributed by atoms with Gasteiger partial charge in [0, 0.05) is 6.42 Å². The number of unbranched alkanes of at least 4 members (excludes halogenated alkanes) is 36. The number of nitrogens with zero attached hydrogens (tertiary/aromatic N) is 1. The molecule has 0 bridgehead atoms. The van der Waals surface area contributed by atoms with Crippen molar-refractivity contribution in [3.8, 4) is 0 Å². The van der Waals surface area contributed by atoms with E-state index in [0.717, 1.165) is 38.5 Å². The van der Waals surface area contributed by atoms with Crippen molar-refractivity contribution in [2.75, 3.05) is 40.9 Å². The van der Waals surface area contributed by atoms with Crippen LogP contribution in [0.3, 0.4) is 0 Å². The van der Waals surface area contributed by atoms with E-state index in [1.165, 1.54) is 218 Å². The number of carbonyl (C=O) groups is 1. The van der Waals surface area contributed by atoms with Crippen molar-refractivity contribution in [2.24, 2.45) is 0 Å². The average Bonchev–Trinajstić information content (AvgIpc) is 3.29. The summed E-state index contributed by atoms with van der Waals surface area (Å²) in [7, 11) is 1.56. The number of aliphatic hydroxyl groups excluding tert-OH is 1. The topological polar surface area (TPSA) is 105 Å². The number of rotatable bonds is 53. The molecule has 67 heavy (non-hydrogen) atoms. The molecule has 0 radical (unpaired) electrons. The third-order valence-electron chi connectivity index (χ3n) is 13.1. The molecule has 0 rings (SSSR count). The summed E-state index contributed by atoms with van der Waals surface area (Å²) < 4.78 is 23.6. The van der Waals surface area contributed by atoms with Crippen LogP contribution >= 0.6 is 7.82 Å². The number of hydrogen-bond donors (Lipinski definition) is 3. The Morgan fingerprint density at radius 1 is 0.493 bits per heavy atom. The lowest BCUT2D eigenvalue weighted by molar-refractivity contribution is -0.870. The van der Waals surface area contributed by atoms with Gasteiger partial charge in [-0.15, -0.1) is 0 Å². The molecule has 9 heteroatoms. The number of phosphoric acid groups is 1. The Bertz CT molecular complexity index is 1190. The zero-order chi connectivity index (χ0) is 49.2. The molecule has 0 saturated carbocycles. The average molecular weight is 967 g/mol. The summed E-state index contributed by atoms with van der Waals surface area (Å²) in [5, 5.41) is 13.8. The SMILES string of the molecule is CCCCCC/C=C/CC/C=C/C(O)C(COP(=O)(O)OCC[N+](C)(C)C)NC(=O)CCCCCCCCCCCCCCCCCCCCCCCCC/C=C\CCCCCCCCCC. The van der Waals surface area contributed by atoms with Crippen molar-refractivity contribution < 1.29 is 32.9 Å². The third kappa shape index (κ3) is 52.4. The van der Waals surface area contributed by atoms with Crippen molar-refractivity contribution >= 4 is 13.7 Å². The monoisotopic (exact) mass is 966 g/mol. The maximum Gasteiger partial charge on any atom is 0.472 e. The lowest BCUT2D eigenvalue weighted by Crippen LogP contribution is -2.45. The van der Waals surface area contributed by atoms with Crippen LogP contribution in [-0.2, 0) is 18.4 Å². The Kier molecular flexibility index (Phi) is 48.7. The summed E-state index contributed by atoms with van der Waals surface area (Å²) in [5.41, 5.74) is 0. The number of likely N-dealkylation sites (N-methyl/N-ethyl adjacent to an activating group) is 1. The maximum absolute atomic E-state index is 12.9. The molecule has 0 aromatic carbocycles. The molecule has 3 N–H and O–H groups in total. The first-order valence-electron chi connectivity index (χ1n) is 28.9. The molecule has 0 spiro atoms. The van der Waals surface area contributed by atoms with Crippen LogP contribution in [-0.4, -0.2) is 73.4 Å². The lowest BCUT2D eigenvalue weighted by Gasteiger charge is -2.25. The number of amides is 1. The van der Waals surface area contributed by atoms with Gasteiger partial charge >= 0.3 is 7.82 Å². The first kappa shape index (κ1) is 65.7. The maximum atomic E-state index is 12.9. The molecule has 1 amide bonds. The number of quaternary nitrogens is 1. The molecule has 0 aliphatic rings. The van der Waals surface area contributed by atoms with Crippen molar-refractivity contribution in [3.63, 3.8) is 0 Å². The Morgan fingerprint density at radius 2 is 0.821 bits per heavy atom. The highest BCUT2D eigenvalue weighted by Crippen LogP contribution is 2.43. The van der Waals surface area contributed by atoms with Crippen molar-refractivity contribution in [3.05, 3.63) is 36.5 Å². The van der Waals surface area contributed by atoms with E-state index in [0.29, 0.717) is 17.4 Å². The van der Waals surface area contributed by atoms with E-state index in [4.69, 9.17) is 9.05 Å². The molecule has 3 atom stereocenters.